The van der Waals surface area contributed by atoms with Crippen molar-refractivity contribution in [3.05, 3.63) is 0 Å². The van der Waals surface area contributed by atoms with Crippen LogP contribution in [0, 0.1) is 0 Å². The molecule has 2 N–H and O–H groups in total. The first-order valence-electron chi connectivity index (χ1n) is 6.18. The predicted molar refractivity (Wildman–Crippen MR) is 62.4 cm³/mol. The lowest BCUT2D eigenvalue weighted by molar-refractivity contribution is -0.124. The first-order valence-corrected chi connectivity index (χ1v) is 6.18. The van der Waals surface area contributed by atoms with Crippen molar-refractivity contribution in [2.75, 3.05) is 0 Å². The molecule has 0 aliphatic rings. The second kappa shape index (κ2) is 9.97. The summed E-state index contributed by atoms with van der Waals surface area (Å²) >= 11 is 0. The van der Waals surface area contributed by atoms with Crippen LogP contribution in [0.3, 0.4) is 0 Å². The van der Waals surface area contributed by atoms with Gasteiger partial charge in [0.1, 0.15) is 6.23 Å². The molecule has 0 aliphatic carbocycles. The van der Waals surface area contributed by atoms with Gasteiger partial charge in [0.15, 0.2) is 0 Å². The molecule has 3 heteroatoms. The van der Waals surface area contributed by atoms with Crippen molar-refractivity contribution in [1.29, 1.82) is 0 Å². The largest absolute Gasteiger partial charge is 0.374 e. The maximum atomic E-state index is 11.1. The molecule has 0 fully saturated rings. The normalized spacial score (nSPS) is 12.5. The summed E-state index contributed by atoms with van der Waals surface area (Å²) in [4.78, 5) is 11.1. The van der Waals surface area contributed by atoms with Crippen LogP contribution in [-0.4, -0.2) is 17.2 Å². The van der Waals surface area contributed by atoms with E-state index < -0.39 is 6.23 Å². The van der Waals surface area contributed by atoms with Crippen molar-refractivity contribution in [3.8, 4) is 0 Å². The fourth-order valence-corrected chi connectivity index (χ4v) is 1.50. The number of hydrogen-bond acceptors (Lipinski definition) is 2. The Hall–Kier alpha value is -0.570. The van der Waals surface area contributed by atoms with Crippen molar-refractivity contribution < 1.29 is 9.90 Å². The highest BCUT2D eigenvalue weighted by molar-refractivity contribution is 5.75. The van der Waals surface area contributed by atoms with E-state index in [4.69, 9.17) is 0 Å². The van der Waals surface area contributed by atoms with Crippen molar-refractivity contribution in [2.45, 2.75) is 71.4 Å². The molecule has 0 saturated carbocycles. The quantitative estimate of drug-likeness (QED) is 0.459. The van der Waals surface area contributed by atoms with E-state index in [9.17, 15) is 9.90 Å². The molecule has 0 rings (SSSR count). The van der Waals surface area contributed by atoms with Gasteiger partial charge in [-0.15, -0.1) is 0 Å². The second-order valence-electron chi connectivity index (χ2n) is 4.04. The standard InChI is InChI=1S/C12H25NO2/c1-3-5-6-7-8-10-12(15)13-11(14)9-4-2/h12,15H,3-10H2,1-2H3,(H,13,14). The molecular formula is C12H25NO2. The van der Waals surface area contributed by atoms with Crippen molar-refractivity contribution in [1.82, 2.24) is 5.32 Å². The maximum absolute atomic E-state index is 11.1. The molecule has 1 amide bonds. The Morgan fingerprint density at radius 1 is 1.13 bits per heavy atom. The zero-order chi connectivity index (χ0) is 11.5. The van der Waals surface area contributed by atoms with E-state index in [1.807, 2.05) is 6.92 Å². The van der Waals surface area contributed by atoms with Crippen molar-refractivity contribution >= 4 is 5.91 Å². The molecule has 0 aromatic carbocycles. The van der Waals surface area contributed by atoms with Gasteiger partial charge in [-0.1, -0.05) is 39.5 Å². The number of carbonyl (C=O) groups is 1. The van der Waals surface area contributed by atoms with Gasteiger partial charge >= 0.3 is 0 Å². The Bertz CT molecular complexity index is 160. The van der Waals surface area contributed by atoms with Crippen LogP contribution in [0.2, 0.25) is 0 Å². The maximum Gasteiger partial charge on any atom is 0.221 e. The summed E-state index contributed by atoms with van der Waals surface area (Å²) in [5.41, 5.74) is 0. The van der Waals surface area contributed by atoms with Gasteiger partial charge in [0.25, 0.3) is 0 Å². The van der Waals surface area contributed by atoms with Gasteiger partial charge in [0, 0.05) is 6.42 Å². The molecule has 0 radical (unpaired) electrons. The molecule has 0 saturated heterocycles. The average molecular weight is 215 g/mol. The van der Waals surface area contributed by atoms with E-state index in [1.54, 1.807) is 0 Å². The van der Waals surface area contributed by atoms with E-state index in [-0.39, 0.29) is 5.91 Å². The van der Waals surface area contributed by atoms with Gasteiger partial charge in [0.2, 0.25) is 5.91 Å². The number of aliphatic hydroxyl groups excluding tert-OH is 1. The summed E-state index contributed by atoms with van der Waals surface area (Å²) in [5.74, 6) is -0.0430. The molecule has 1 atom stereocenters. The SMILES string of the molecule is CCCCCCCC(O)NC(=O)CCC. The molecule has 0 aromatic rings. The van der Waals surface area contributed by atoms with Gasteiger partial charge in [-0.05, 0) is 19.3 Å². The Balaban J connectivity index is 3.32. The van der Waals surface area contributed by atoms with E-state index in [0.717, 1.165) is 19.3 Å². The van der Waals surface area contributed by atoms with Crippen LogP contribution in [0.5, 0.6) is 0 Å². The van der Waals surface area contributed by atoms with Crippen molar-refractivity contribution in [3.63, 3.8) is 0 Å². The van der Waals surface area contributed by atoms with Gasteiger partial charge in [-0.2, -0.15) is 0 Å². The molecule has 0 aromatic heterocycles. The Morgan fingerprint density at radius 2 is 1.80 bits per heavy atom. The minimum Gasteiger partial charge on any atom is -0.374 e. The molecule has 0 spiro atoms. The Morgan fingerprint density at radius 3 is 2.40 bits per heavy atom. The summed E-state index contributed by atoms with van der Waals surface area (Å²) in [6, 6.07) is 0. The highest BCUT2D eigenvalue weighted by atomic mass is 16.3. The zero-order valence-corrected chi connectivity index (χ0v) is 10.1. The summed E-state index contributed by atoms with van der Waals surface area (Å²) < 4.78 is 0. The number of rotatable bonds is 9. The average Bonchev–Trinajstić information content (AvgIpc) is 2.17. The smallest absolute Gasteiger partial charge is 0.221 e. The molecule has 1 unspecified atom stereocenters. The lowest BCUT2D eigenvalue weighted by Crippen LogP contribution is -2.34. The van der Waals surface area contributed by atoms with Gasteiger partial charge in [-0.25, -0.2) is 0 Å². The third-order valence-corrected chi connectivity index (χ3v) is 2.39. The third-order valence-electron chi connectivity index (χ3n) is 2.39. The monoisotopic (exact) mass is 215 g/mol. The fourth-order valence-electron chi connectivity index (χ4n) is 1.50. The molecule has 15 heavy (non-hydrogen) atoms. The Labute approximate surface area is 93.3 Å². The predicted octanol–water partition coefficient (Wildman–Crippen LogP) is 2.58. The number of hydrogen-bond donors (Lipinski definition) is 2. The summed E-state index contributed by atoms with van der Waals surface area (Å²) in [6.45, 7) is 4.14. The van der Waals surface area contributed by atoms with Crippen LogP contribution in [0.25, 0.3) is 0 Å². The summed E-state index contributed by atoms with van der Waals surface area (Å²) in [7, 11) is 0. The van der Waals surface area contributed by atoms with E-state index in [2.05, 4.69) is 12.2 Å². The van der Waals surface area contributed by atoms with Crippen molar-refractivity contribution in [2.24, 2.45) is 0 Å². The van der Waals surface area contributed by atoms with Crippen LogP contribution in [0.1, 0.15) is 65.2 Å². The van der Waals surface area contributed by atoms with E-state index >= 15 is 0 Å². The first kappa shape index (κ1) is 14.4. The first-order chi connectivity index (χ1) is 7.20. The molecule has 0 aliphatic heterocycles. The number of amides is 1. The number of aliphatic hydroxyl groups is 1. The number of carbonyl (C=O) groups excluding carboxylic acids is 1. The molecular weight excluding hydrogens is 190 g/mol. The lowest BCUT2D eigenvalue weighted by atomic mass is 10.1. The van der Waals surface area contributed by atoms with Crippen LogP contribution >= 0.6 is 0 Å². The molecule has 90 valence electrons. The van der Waals surface area contributed by atoms with Crippen LogP contribution < -0.4 is 5.32 Å². The van der Waals surface area contributed by atoms with E-state index in [0.29, 0.717) is 12.8 Å². The second-order valence-corrected chi connectivity index (χ2v) is 4.04. The van der Waals surface area contributed by atoms with Gasteiger partial charge in [0.05, 0.1) is 0 Å². The molecule has 0 bridgehead atoms. The van der Waals surface area contributed by atoms with Crippen LogP contribution in [0.4, 0.5) is 0 Å². The fraction of sp³-hybridized carbons (Fsp3) is 0.917. The molecule has 3 nitrogen and oxygen atoms in total. The minimum atomic E-state index is -0.648. The van der Waals surface area contributed by atoms with Crippen LogP contribution in [-0.2, 0) is 4.79 Å². The van der Waals surface area contributed by atoms with Gasteiger partial charge < -0.3 is 10.4 Å². The zero-order valence-electron chi connectivity index (χ0n) is 10.1. The Kier molecular flexibility index (Phi) is 9.59. The highest BCUT2D eigenvalue weighted by Crippen LogP contribution is 2.06. The summed E-state index contributed by atoms with van der Waals surface area (Å²) in [5, 5.41) is 12.1. The minimum absolute atomic E-state index is 0.0430. The highest BCUT2D eigenvalue weighted by Gasteiger charge is 2.06. The third kappa shape index (κ3) is 9.73. The topological polar surface area (TPSA) is 49.3 Å². The van der Waals surface area contributed by atoms with E-state index in [1.165, 1.54) is 19.3 Å². The van der Waals surface area contributed by atoms with Crippen LogP contribution in [0.15, 0.2) is 0 Å². The number of unbranched alkanes of at least 4 members (excludes halogenated alkanes) is 4. The molecule has 0 heterocycles. The summed E-state index contributed by atoms with van der Waals surface area (Å²) in [6.07, 6.45) is 7.23. The number of nitrogens with one attached hydrogen (secondary N) is 1. The lowest BCUT2D eigenvalue weighted by Gasteiger charge is -2.12. The van der Waals surface area contributed by atoms with Gasteiger partial charge in [-0.3, -0.25) is 4.79 Å².